The zero-order valence-electron chi connectivity index (χ0n) is 14.5. The van der Waals surface area contributed by atoms with E-state index in [1.165, 1.54) is 10.5 Å². The van der Waals surface area contributed by atoms with Gasteiger partial charge in [0.05, 0.1) is 5.69 Å². The van der Waals surface area contributed by atoms with Crippen LogP contribution in [0.4, 0.5) is 11.4 Å². The molecule has 2 heterocycles. The molecule has 5 nitrogen and oxygen atoms in total. The van der Waals surface area contributed by atoms with Crippen LogP contribution in [0.2, 0.25) is 5.02 Å². The second-order valence-electron chi connectivity index (χ2n) is 6.45. The number of hydrogen-bond donors (Lipinski definition) is 1. The highest BCUT2D eigenvalue weighted by Crippen LogP contribution is 2.30. The van der Waals surface area contributed by atoms with Gasteiger partial charge >= 0.3 is 0 Å². The number of nitrogens with one attached hydrogen (secondary N) is 1. The Morgan fingerprint density at radius 2 is 1.96 bits per heavy atom. The molecule has 2 amide bonds. The number of amides is 2. The summed E-state index contributed by atoms with van der Waals surface area (Å²) in [7, 11) is 0. The van der Waals surface area contributed by atoms with Crippen LogP contribution >= 0.6 is 23.8 Å². The van der Waals surface area contributed by atoms with E-state index in [-0.39, 0.29) is 10.7 Å². The quantitative estimate of drug-likeness (QED) is 0.479. The van der Waals surface area contributed by atoms with Crippen molar-refractivity contribution in [2.45, 2.75) is 13.3 Å². The molecule has 2 aliphatic rings. The van der Waals surface area contributed by atoms with Crippen molar-refractivity contribution >= 4 is 52.1 Å². The Balaban J connectivity index is 1.71. The van der Waals surface area contributed by atoms with Gasteiger partial charge in [-0.15, -0.1) is 0 Å². The lowest BCUT2D eigenvalue weighted by Crippen LogP contribution is -2.54. The van der Waals surface area contributed by atoms with E-state index in [1.54, 1.807) is 18.3 Å². The summed E-state index contributed by atoms with van der Waals surface area (Å²) in [6.45, 7) is 2.59. The summed E-state index contributed by atoms with van der Waals surface area (Å²) >= 11 is 11.4. The third kappa shape index (κ3) is 3.11. The van der Waals surface area contributed by atoms with Gasteiger partial charge in [-0.1, -0.05) is 35.9 Å². The maximum absolute atomic E-state index is 13.1. The predicted molar refractivity (Wildman–Crippen MR) is 110 cm³/mol. The van der Waals surface area contributed by atoms with Gasteiger partial charge in [-0.3, -0.25) is 19.8 Å². The molecular weight excluding hydrogens is 382 g/mol. The average Bonchev–Trinajstić information content (AvgIpc) is 3.04. The minimum Gasteiger partial charge on any atom is -0.346 e. The second-order valence-corrected chi connectivity index (χ2v) is 7.24. The molecular formula is C20H16ClN3O2S. The first-order chi connectivity index (χ1) is 13.0. The van der Waals surface area contributed by atoms with Gasteiger partial charge in [-0.25, -0.2) is 0 Å². The highest BCUT2D eigenvalue weighted by Gasteiger charge is 2.35. The number of anilines is 2. The van der Waals surface area contributed by atoms with Gasteiger partial charge in [-0.05, 0) is 54.9 Å². The van der Waals surface area contributed by atoms with Gasteiger partial charge in [0.25, 0.3) is 11.8 Å². The molecule has 1 saturated heterocycles. The molecule has 2 aromatic rings. The third-order valence-corrected chi connectivity index (χ3v) is 5.42. The predicted octanol–water partition coefficient (Wildman–Crippen LogP) is 3.34. The van der Waals surface area contributed by atoms with Crippen LogP contribution < -0.4 is 15.1 Å². The number of carbonyl (C=O) groups is 2. The first-order valence-electron chi connectivity index (χ1n) is 8.48. The maximum Gasteiger partial charge on any atom is 0.271 e. The molecule has 0 spiro atoms. The topological polar surface area (TPSA) is 52.7 Å². The molecule has 1 fully saturated rings. The molecule has 1 N–H and O–H groups in total. The SMILES string of the molecule is Cc1ccc(N2C(=O)C(=CN3CCc4ccccc43)C(=O)NC2=S)cc1Cl. The van der Waals surface area contributed by atoms with Crippen molar-refractivity contribution in [1.29, 1.82) is 0 Å². The molecule has 2 aromatic carbocycles. The van der Waals surface area contributed by atoms with E-state index in [9.17, 15) is 9.59 Å². The molecule has 0 saturated carbocycles. The number of carbonyl (C=O) groups excluding carboxylic acids is 2. The number of rotatable bonds is 2. The number of fused-ring (bicyclic) bond motifs is 1. The first-order valence-corrected chi connectivity index (χ1v) is 9.26. The monoisotopic (exact) mass is 397 g/mol. The standard InChI is InChI=1S/C20H16ClN3O2S/c1-12-6-7-14(10-16(12)21)24-19(26)15(18(25)22-20(24)27)11-23-9-8-13-4-2-3-5-17(13)23/h2-7,10-11H,8-9H2,1H3,(H,22,25,27). The Morgan fingerprint density at radius 1 is 1.19 bits per heavy atom. The van der Waals surface area contributed by atoms with Crippen molar-refractivity contribution in [2.24, 2.45) is 0 Å². The Morgan fingerprint density at radius 3 is 2.74 bits per heavy atom. The summed E-state index contributed by atoms with van der Waals surface area (Å²) in [6, 6.07) is 13.2. The van der Waals surface area contributed by atoms with E-state index in [4.69, 9.17) is 23.8 Å². The van der Waals surface area contributed by atoms with Gasteiger partial charge in [0, 0.05) is 23.5 Å². The number of nitrogens with zero attached hydrogens (tertiary/aromatic N) is 2. The van der Waals surface area contributed by atoms with E-state index in [2.05, 4.69) is 5.32 Å². The largest absolute Gasteiger partial charge is 0.346 e. The summed E-state index contributed by atoms with van der Waals surface area (Å²) in [5.41, 5.74) is 3.65. The molecule has 0 aromatic heterocycles. The number of thiocarbonyl (C=S) groups is 1. The highest BCUT2D eigenvalue weighted by molar-refractivity contribution is 7.80. The van der Waals surface area contributed by atoms with E-state index >= 15 is 0 Å². The van der Waals surface area contributed by atoms with E-state index in [0.717, 1.165) is 17.7 Å². The van der Waals surface area contributed by atoms with E-state index in [0.29, 0.717) is 17.3 Å². The molecule has 4 rings (SSSR count). The minimum absolute atomic E-state index is 0.0389. The summed E-state index contributed by atoms with van der Waals surface area (Å²) < 4.78 is 0. The molecule has 0 unspecified atom stereocenters. The number of benzene rings is 2. The summed E-state index contributed by atoms with van der Waals surface area (Å²) in [4.78, 5) is 28.8. The lowest BCUT2D eigenvalue weighted by atomic mass is 10.1. The van der Waals surface area contributed by atoms with E-state index in [1.807, 2.05) is 42.2 Å². The van der Waals surface area contributed by atoms with Gasteiger partial charge in [-0.2, -0.15) is 0 Å². The molecule has 7 heteroatoms. The highest BCUT2D eigenvalue weighted by atomic mass is 35.5. The van der Waals surface area contributed by atoms with Crippen LogP contribution in [-0.4, -0.2) is 23.5 Å². The first kappa shape index (κ1) is 17.7. The second kappa shape index (κ2) is 6.79. The van der Waals surface area contributed by atoms with Gasteiger partial charge in [0.15, 0.2) is 5.11 Å². The normalized spacial score (nSPS) is 18.1. The smallest absolute Gasteiger partial charge is 0.271 e. The molecule has 136 valence electrons. The van der Waals surface area contributed by atoms with Crippen molar-refractivity contribution in [2.75, 3.05) is 16.3 Å². The van der Waals surface area contributed by atoms with Gasteiger partial charge in [0.2, 0.25) is 0 Å². The Hall–Kier alpha value is -2.70. The fraction of sp³-hybridized carbons (Fsp3) is 0.150. The van der Waals surface area contributed by atoms with E-state index < -0.39 is 11.8 Å². The van der Waals surface area contributed by atoms with Crippen LogP contribution in [0.25, 0.3) is 0 Å². The van der Waals surface area contributed by atoms with Crippen molar-refractivity contribution in [1.82, 2.24) is 5.32 Å². The molecule has 0 radical (unpaired) electrons. The van der Waals surface area contributed by atoms with Crippen LogP contribution in [-0.2, 0) is 16.0 Å². The zero-order valence-corrected chi connectivity index (χ0v) is 16.1. The Bertz CT molecular complexity index is 1020. The molecule has 0 bridgehead atoms. The lowest BCUT2D eigenvalue weighted by molar-refractivity contribution is -0.122. The average molecular weight is 398 g/mol. The van der Waals surface area contributed by atoms with Crippen molar-refractivity contribution in [3.63, 3.8) is 0 Å². The fourth-order valence-corrected chi connectivity index (χ4v) is 3.71. The lowest BCUT2D eigenvalue weighted by Gasteiger charge is -2.30. The molecule has 0 atom stereocenters. The summed E-state index contributed by atoms with van der Waals surface area (Å²) in [6.07, 6.45) is 2.47. The van der Waals surface area contributed by atoms with Crippen LogP contribution in [0.1, 0.15) is 11.1 Å². The maximum atomic E-state index is 13.1. The number of hydrogen-bond acceptors (Lipinski definition) is 4. The summed E-state index contributed by atoms with van der Waals surface area (Å²) in [5, 5.41) is 3.17. The van der Waals surface area contributed by atoms with Crippen LogP contribution in [0.3, 0.4) is 0 Å². The van der Waals surface area contributed by atoms with Crippen LogP contribution in [0, 0.1) is 6.92 Å². The number of para-hydroxylation sites is 1. The Labute approximate surface area is 167 Å². The Kier molecular flexibility index (Phi) is 4.45. The number of aryl methyl sites for hydroxylation is 1. The molecule has 2 aliphatic heterocycles. The summed E-state index contributed by atoms with van der Waals surface area (Å²) in [5.74, 6) is -0.961. The van der Waals surface area contributed by atoms with Gasteiger partial charge < -0.3 is 4.90 Å². The third-order valence-electron chi connectivity index (χ3n) is 4.72. The van der Waals surface area contributed by atoms with Crippen LogP contribution in [0.15, 0.2) is 54.2 Å². The van der Waals surface area contributed by atoms with Crippen molar-refractivity contribution < 1.29 is 9.59 Å². The molecule has 27 heavy (non-hydrogen) atoms. The minimum atomic E-state index is -0.496. The zero-order chi connectivity index (χ0) is 19.1. The van der Waals surface area contributed by atoms with Crippen molar-refractivity contribution in [3.8, 4) is 0 Å². The van der Waals surface area contributed by atoms with Gasteiger partial charge in [0.1, 0.15) is 5.57 Å². The van der Waals surface area contributed by atoms with Crippen molar-refractivity contribution in [3.05, 3.63) is 70.4 Å². The van der Waals surface area contributed by atoms with Crippen LogP contribution in [0.5, 0.6) is 0 Å². The fourth-order valence-electron chi connectivity index (χ4n) is 3.25. The molecule has 0 aliphatic carbocycles. The number of halogens is 1.